The molecule has 3 unspecified atom stereocenters. The lowest BCUT2D eigenvalue weighted by Gasteiger charge is -2.31. The highest BCUT2D eigenvalue weighted by molar-refractivity contribution is 4.98. The summed E-state index contributed by atoms with van der Waals surface area (Å²) in [5.74, 6) is -0.00231. The molecule has 0 aromatic rings. The first-order valence-corrected chi connectivity index (χ1v) is 5.22. The van der Waals surface area contributed by atoms with E-state index in [1.54, 1.807) is 6.92 Å². The minimum Gasteiger partial charge on any atom is -0.391 e. The van der Waals surface area contributed by atoms with E-state index < -0.39 is 12.2 Å². The molecule has 0 saturated carbocycles. The van der Waals surface area contributed by atoms with Crippen LogP contribution in [0.3, 0.4) is 0 Å². The lowest BCUT2D eigenvalue weighted by molar-refractivity contribution is -0.101. The molecule has 14 heavy (non-hydrogen) atoms. The van der Waals surface area contributed by atoms with E-state index in [9.17, 15) is 10.2 Å². The van der Waals surface area contributed by atoms with Gasteiger partial charge in [0.05, 0.1) is 23.4 Å². The lowest BCUT2D eigenvalue weighted by Crippen LogP contribution is -2.41. The molecule has 1 rings (SSSR count). The molecule has 3 heteroatoms. The molecule has 0 bridgehead atoms. The van der Waals surface area contributed by atoms with Gasteiger partial charge in [-0.15, -0.1) is 0 Å². The average Bonchev–Trinajstić information content (AvgIpc) is 2.17. The van der Waals surface area contributed by atoms with Gasteiger partial charge in [-0.05, 0) is 41.0 Å². The van der Waals surface area contributed by atoms with Crippen molar-refractivity contribution in [1.29, 1.82) is 0 Å². The Kier molecular flexibility index (Phi) is 2.96. The van der Waals surface area contributed by atoms with E-state index in [1.807, 2.05) is 27.7 Å². The Bertz CT molecular complexity index is 209. The molecule has 3 nitrogen and oxygen atoms in total. The molecule has 1 fully saturated rings. The number of hydrogen-bond acceptors (Lipinski definition) is 3. The van der Waals surface area contributed by atoms with Crippen molar-refractivity contribution in [2.45, 2.75) is 64.4 Å². The van der Waals surface area contributed by atoms with E-state index >= 15 is 0 Å². The molecular weight excluding hydrogens is 180 g/mol. The van der Waals surface area contributed by atoms with E-state index in [2.05, 4.69) is 0 Å². The smallest absolute Gasteiger partial charge is 0.0852 e. The normalized spacial score (nSPS) is 34.1. The van der Waals surface area contributed by atoms with E-state index in [1.165, 1.54) is 0 Å². The van der Waals surface area contributed by atoms with Gasteiger partial charge in [-0.1, -0.05) is 0 Å². The lowest BCUT2D eigenvalue weighted by atomic mass is 9.81. The van der Waals surface area contributed by atoms with Gasteiger partial charge in [0.15, 0.2) is 0 Å². The standard InChI is InChI=1S/C11H22O3/c1-7(12)9(13)8-6-10(2,3)14-11(8,4)5/h7-9,12-13H,6H2,1-5H3. The highest BCUT2D eigenvalue weighted by Crippen LogP contribution is 2.44. The van der Waals surface area contributed by atoms with Gasteiger partial charge in [0.1, 0.15) is 0 Å². The van der Waals surface area contributed by atoms with Gasteiger partial charge in [-0.2, -0.15) is 0 Å². The van der Waals surface area contributed by atoms with Crippen LogP contribution in [-0.2, 0) is 4.74 Å². The first kappa shape index (κ1) is 12.0. The first-order chi connectivity index (χ1) is 6.16. The SMILES string of the molecule is CC(O)C(O)C1CC(C)(C)OC1(C)C. The summed E-state index contributed by atoms with van der Waals surface area (Å²) < 4.78 is 5.85. The van der Waals surface area contributed by atoms with Crippen LogP contribution in [0.15, 0.2) is 0 Å². The van der Waals surface area contributed by atoms with Gasteiger partial charge < -0.3 is 14.9 Å². The molecule has 84 valence electrons. The minimum atomic E-state index is -0.702. The summed E-state index contributed by atoms with van der Waals surface area (Å²) in [5, 5.41) is 19.2. The quantitative estimate of drug-likeness (QED) is 0.710. The highest BCUT2D eigenvalue weighted by atomic mass is 16.5. The summed E-state index contributed by atoms with van der Waals surface area (Å²) in [6.45, 7) is 9.59. The highest BCUT2D eigenvalue weighted by Gasteiger charge is 2.49. The van der Waals surface area contributed by atoms with Crippen LogP contribution < -0.4 is 0 Å². The largest absolute Gasteiger partial charge is 0.391 e. The Morgan fingerprint density at radius 3 is 2.00 bits per heavy atom. The zero-order valence-electron chi connectivity index (χ0n) is 9.74. The molecule has 0 amide bonds. The summed E-state index contributed by atoms with van der Waals surface area (Å²) in [6.07, 6.45) is -0.616. The monoisotopic (exact) mass is 202 g/mol. The van der Waals surface area contributed by atoms with Crippen LogP contribution in [0.25, 0.3) is 0 Å². The van der Waals surface area contributed by atoms with Crippen LogP contribution in [0.5, 0.6) is 0 Å². The Morgan fingerprint density at radius 2 is 1.71 bits per heavy atom. The van der Waals surface area contributed by atoms with Gasteiger partial charge in [0.25, 0.3) is 0 Å². The van der Waals surface area contributed by atoms with Crippen LogP contribution in [0, 0.1) is 5.92 Å². The molecular formula is C11H22O3. The third-order valence-electron chi connectivity index (χ3n) is 3.05. The maximum absolute atomic E-state index is 9.86. The topological polar surface area (TPSA) is 49.7 Å². The van der Waals surface area contributed by atoms with Gasteiger partial charge in [0.2, 0.25) is 0 Å². The number of hydrogen-bond donors (Lipinski definition) is 2. The third-order valence-corrected chi connectivity index (χ3v) is 3.05. The van der Waals surface area contributed by atoms with Crippen LogP contribution >= 0.6 is 0 Å². The van der Waals surface area contributed by atoms with Crippen molar-refractivity contribution in [3.63, 3.8) is 0 Å². The number of ether oxygens (including phenoxy) is 1. The van der Waals surface area contributed by atoms with Gasteiger partial charge in [-0.25, -0.2) is 0 Å². The fourth-order valence-electron chi connectivity index (χ4n) is 2.47. The van der Waals surface area contributed by atoms with Crippen molar-refractivity contribution in [1.82, 2.24) is 0 Å². The first-order valence-electron chi connectivity index (χ1n) is 5.22. The maximum Gasteiger partial charge on any atom is 0.0852 e. The Labute approximate surface area is 86.1 Å². The second-order valence-corrected chi connectivity index (χ2v) is 5.51. The van der Waals surface area contributed by atoms with Gasteiger partial charge >= 0.3 is 0 Å². The Hall–Kier alpha value is -0.120. The number of aliphatic hydroxyl groups excluding tert-OH is 2. The van der Waals surface area contributed by atoms with Crippen molar-refractivity contribution in [2.75, 3.05) is 0 Å². The van der Waals surface area contributed by atoms with Crippen LogP contribution in [-0.4, -0.2) is 33.6 Å². The van der Waals surface area contributed by atoms with Crippen molar-refractivity contribution in [2.24, 2.45) is 5.92 Å². The van der Waals surface area contributed by atoms with Crippen molar-refractivity contribution in [3.05, 3.63) is 0 Å². The molecule has 0 aromatic heterocycles. The zero-order chi connectivity index (χ0) is 11.1. The number of aliphatic hydroxyl groups is 2. The van der Waals surface area contributed by atoms with E-state index in [0.29, 0.717) is 0 Å². The van der Waals surface area contributed by atoms with Gasteiger partial charge in [0, 0.05) is 5.92 Å². The predicted octanol–water partition coefficient (Wildman–Crippen LogP) is 1.32. The van der Waals surface area contributed by atoms with Crippen molar-refractivity contribution < 1.29 is 14.9 Å². The van der Waals surface area contributed by atoms with E-state index in [4.69, 9.17) is 4.74 Å². The maximum atomic E-state index is 9.86. The number of rotatable bonds is 2. The van der Waals surface area contributed by atoms with Crippen LogP contribution in [0.2, 0.25) is 0 Å². The minimum absolute atomic E-state index is 0.00231. The summed E-state index contributed by atoms with van der Waals surface area (Å²) in [5.41, 5.74) is -0.566. The second kappa shape index (κ2) is 3.47. The fourth-order valence-corrected chi connectivity index (χ4v) is 2.47. The van der Waals surface area contributed by atoms with E-state index in [0.717, 1.165) is 6.42 Å². The second-order valence-electron chi connectivity index (χ2n) is 5.51. The molecule has 0 aliphatic carbocycles. The molecule has 1 heterocycles. The summed E-state index contributed by atoms with van der Waals surface area (Å²) >= 11 is 0. The van der Waals surface area contributed by atoms with Gasteiger partial charge in [-0.3, -0.25) is 0 Å². The van der Waals surface area contributed by atoms with E-state index in [-0.39, 0.29) is 17.1 Å². The molecule has 0 aromatic carbocycles. The van der Waals surface area contributed by atoms with Crippen LogP contribution in [0.4, 0.5) is 0 Å². The summed E-state index contributed by atoms with van der Waals surface area (Å²) in [7, 11) is 0. The van der Waals surface area contributed by atoms with Crippen molar-refractivity contribution >= 4 is 0 Å². The van der Waals surface area contributed by atoms with Crippen LogP contribution in [0.1, 0.15) is 41.0 Å². The molecule has 1 saturated heterocycles. The molecule has 0 radical (unpaired) electrons. The Balaban J connectivity index is 2.80. The molecule has 0 spiro atoms. The Morgan fingerprint density at radius 1 is 1.21 bits per heavy atom. The average molecular weight is 202 g/mol. The molecule has 1 aliphatic rings. The summed E-state index contributed by atoms with van der Waals surface area (Å²) in [4.78, 5) is 0. The molecule has 1 aliphatic heterocycles. The predicted molar refractivity (Wildman–Crippen MR) is 55.0 cm³/mol. The zero-order valence-corrected chi connectivity index (χ0v) is 9.74. The molecule has 2 N–H and O–H groups in total. The third kappa shape index (κ3) is 2.27. The van der Waals surface area contributed by atoms with Crippen molar-refractivity contribution in [3.8, 4) is 0 Å². The summed E-state index contributed by atoms with van der Waals surface area (Å²) in [6, 6.07) is 0. The fraction of sp³-hybridized carbons (Fsp3) is 1.00. The molecule has 3 atom stereocenters.